The maximum absolute atomic E-state index is 11.4. The molecule has 0 bridgehead atoms. The van der Waals surface area contributed by atoms with Crippen LogP contribution in [0.2, 0.25) is 0 Å². The molecule has 0 unspecified atom stereocenters. The van der Waals surface area contributed by atoms with Gasteiger partial charge in [0.25, 0.3) is 10.1 Å². The van der Waals surface area contributed by atoms with Crippen molar-refractivity contribution in [3.05, 3.63) is 35.9 Å². The van der Waals surface area contributed by atoms with E-state index in [0.29, 0.717) is 16.7 Å². The fourth-order valence-electron chi connectivity index (χ4n) is 2.43. The Balaban J connectivity index is 2.57. The van der Waals surface area contributed by atoms with E-state index in [9.17, 15) is 22.9 Å². The van der Waals surface area contributed by atoms with Crippen molar-refractivity contribution in [1.29, 1.82) is 0 Å². The number of nitrogens with zero attached hydrogens (tertiary/aromatic N) is 2. The quantitative estimate of drug-likeness (QED) is 0.272. The smallest absolute Gasteiger partial charge is 0.338 e. The summed E-state index contributed by atoms with van der Waals surface area (Å²) in [4.78, 5) is 15.2. The number of carboxylic acids is 1. The van der Waals surface area contributed by atoms with Crippen LogP contribution in [-0.4, -0.2) is 29.0 Å². The first-order chi connectivity index (χ1) is 10.7. The summed E-state index contributed by atoms with van der Waals surface area (Å²) < 4.78 is 33.6. The number of rotatable bonds is 2. The molecule has 0 atom stereocenters. The summed E-state index contributed by atoms with van der Waals surface area (Å²) in [7, 11) is -2.93. The number of carboxylic acid groups (broad SMARTS) is 1. The molecule has 118 valence electrons. The molecule has 8 nitrogen and oxygen atoms in total. The predicted molar refractivity (Wildman–Crippen MR) is 81.6 cm³/mol. The number of aryl methyl sites for hydroxylation is 1. The molecule has 0 aliphatic carbocycles. The van der Waals surface area contributed by atoms with Gasteiger partial charge < -0.3 is 10.8 Å². The molecule has 1 aromatic heterocycles. The van der Waals surface area contributed by atoms with Gasteiger partial charge in [-0.3, -0.25) is 4.55 Å². The molecule has 0 fully saturated rings. The number of hydrogen-bond donors (Lipinski definition) is 3. The summed E-state index contributed by atoms with van der Waals surface area (Å²) in [6.07, 6.45) is 0. The van der Waals surface area contributed by atoms with Crippen molar-refractivity contribution in [1.82, 2.24) is 4.98 Å². The second kappa shape index (κ2) is 4.86. The monoisotopic (exact) mass is 334 g/mol. The molecule has 0 amide bonds. The van der Waals surface area contributed by atoms with Crippen LogP contribution in [0.25, 0.3) is 22.1 Å². The van der Waals surface area contributed by atoms with Gasteiger partial charge in [-0.05, 0) is 18.2 Å². The number of carbonyl (C=O) groups is 1. The topological polar surface area (TPSA) is 134 Å². The third kappa shape index (κ3) is 2.45. The van der Waals surface area contributed by atoms with Crippen molar-refractivity contribution in [2.45, 2.75) is 4.90 Å². The van der Waals surface area contributed by atoms with E-state index in [1.807, 2.05) is 0 Å². The van der Waals surface area contributed by atoms with Gasteiger partial charge in [-0.15, -0.1) is 0 Å². The van der Waals surface area contributed by atoms with E-state index in [-0.39, 0.29) is 16.6 Å². The summed E-state index contributed by atoms with van der Waals surface area (Å²) in [5.41, 5.74) is 7.38. The molecule has 0 spiro atoms. The van der Waals surface area contributed by atoms with Gasteiger partial charge in [0.05, 0.1) is 5.56 Å². The normalized spacial score (nSPS) is 11.9. The number of fused-ring (bicyclic) bond motifs is 2. The van der Waals surface area contributed by atoms with Crippen LogP contribution >= 0.6 is 0 Å². The Morgan fingerprint density at radius 2 is 1.91 bits per heavy atom. The summed E-state index contributed by atoms with van der Waals surface area (Å²) in [6, 6.07) is 6.98. The predicted octanol–water partition coefficient (Wildman–Crippen LogP) is 0.740. The van der Waals surface area contributed by atoms with Crippen LogP contribution in [0.15, 0.2) is 35.2 Å². The van der Waals surface area contributed by atoms with Crippen molar-refractivity contribution < 1.29 is 27.4 Å². The minimum Gasteiger partial charge on any atom is -0.478 e. The number of benzene rings is 2. The molecule has 3 aromatic rings. The lowest BCUT2D eigenvalue weighted by atomic mass is 10.1. The number of aromatic nitrogens is 2. The van der Waals surface area contributed by atoms with Crippen LogP contribution in [0.3, 0.4) is 0 Å². The van der Waals surface area contributed by atoms with E-state index in [1.54, 1.807) is 29.8 Å². The Labute approximate surface area is 130 Å². The number of aromatic carboxylic acids is 1. The zero-order valence-corrected chi connectivity index (χ0v) is 12.7. The van der Waals surface area contributed by atoms with E-state index in [0.717, 1.165) is 6.07 Å². The zero-order valence-electron chi connectivity index (χ0n) is 11.9. The number of anilines is 1. The summed E-state index contributed by atoms with van der Waals surface area (Å²) in [6.45, 7) is 0. The highest BCUT2D eigenvalue weighted by Gasteiger charge is 2.24. The second-order valence-electron chi connectivity index (χ2n) is 5.04. The molecular weight excluding hydrogens is 322 g/mol. The Hall–Kier alpha value is -2.78. The van der Waals surface area contributed by atoms with Gasteiger partial charge in [0.1, 0.15) is 23.0 Å². The Morgan fingerprint density at radius 1 is 1.22 bits per heavy atom. The van der Waals surface area contributed by atoms with Gasteiger partial charge in [-0.25, -0.2) is 9.78 Å². The van der Waals surface area contributed by atoms with Gasteiger partial charge in [-0.2, -0.15) is 13.0 Å². The lowest BCUT2D eigenvalue weighted by molar-refractivity contribution is -0.618. The molecule has 23 heavy (non-hydrogen) atoms. The van der Waals surface area contributed by atoms with Crippen LogP contribution < -0.4 is 10.3 Å². The van der Waals surface area contributed by atoms with Gasteiger partial charge in [0.15, 0.2) is 0 Å². The van der Waals surface area contributed by atoms with Crippen LogP contribution in [0.4, 0.5) is 5.69 Å². The van der Waals surface area contributed by atoms with Gasteiger partial charge in [-0.1, -0.05) is 0 Å². The summed E-state index contributed by atoms with van der Waals surface area (Å²) in [5.74, 6) is -1.34. The van der Waals surface area contributed by atoms with E-state index >= 15 is 0 Å². The Kier molecular flexibility index (Phi) is 3.20. The van der Waals surface area contributed by atoms with E-state index < -0.39 is 21.0 Å². The molecule has 0 saturated carbocycles. The molecular formula is C14H12N3O5S+. The van der Waals surface area contributed by atoms with E-state index in [4.69, 9.17) is 5.73 Å². The lowest BCUT2D eigenvalue weighted by Gasteiger charge is -2.06. The molecule has 1 heterocycles. The van der Waals surface area contributed by atoms with Gasteiger partial charge in [0, 0.05) is 17.8 Å². The van der Waals surface area contributed by atoms with E-state index in [2.05, 4.69) is 4.98 Å². The molecule has 0 radical (unpaired) electrons. The highest BCUT2D eigenvalue weighted by Crippen LogP contribution is 2.23. The molecule has 0 aliphatic heterocycles. The van der Waals surface area contributed by atoms with Crippen molar-refractivity contribution in [3.8, 4) is 0 Å². The first-order valence-electron chi connectivity index (χ1n) is 6.42. The van der Waals surface area contributed by atoms with Crippen LogP contribution in [0.5, 0.6) is 0 Å². The van der Waals surface area contributed by atoms with Crippen molar-refractivity contribution in [2.75, 3.05) is 5.73 Å². The lowest BCUT2D eigenvalue weighted by Crippen LogP contribution is -2.31. The minimum absolute atomic E-state index is 0.115. The average Bonchev–Trinajstić information content (AvgIpc) is 2.46. The second-order valence-corrected chi connectivity index (χ2v) is 6.46. The molecule has 2 aromatic carbocycles. The van der Waals surface area contributed by atoms with Gasteiger partial charge in [0.2, 0.25) is 11.0 Å². The Bertz CT molecular complexity index is 1090. The van der Waals surface area contributed by atoms with Crippen molar-refractivity contribution >= 4 is 43.8 Å². The SMILES string of the molecule is C[n+]1c2cc(N)ccc2nc2c(C(=O)O)cc(S(=O)(=O)O)cc21. The van der Waals surface area contributed by atoms with Crippen LogP contribution in [-0.2, 0) is 17.2 Å². The van der Waals surface area contributed by atoms with Gasteiger partial charge >= 0.3 is 5.97 Å². The first kappa shape index (κ1) is 15.1. The van der Waals surface area contributed by atoms with Crippen molar-refractivity contribution in [2.24, 2.45) is 7.05 Å². The number of nitrogen functional groups attached to an aromatic ring is 1. The minimum atomic E-state index is -4.56. The maximum Gasteiger partial charge on any atom is 0.338 e. The number of hydrogen-bond acceptors (Lipinski definition) is 5. The molecule has 3 rings (SSSR count). The maximum atomic E-state index is 11.4. The van der Waals surface area contributed by atoms with Crippen LogP contribution in [0, 0.1) is 0 Å². The zero-order chi connectivity index (χ0) is 16.9. The molecule has 4 N–H and O–H groups in total. The standard InChI is InChI=1S/C14H11N3O5S/c1-17-11-4-7(15)2-3-10(11)16-13-9(14(18)19)5-8(6-12(13)17)23(20,21)22/h2-6,15H,1H3,(H2,18,19,20,21,22)/p+1. The summed E-state index contributed by atoms with van der Waals surface area (Å²) >= 11 is 0. The number of nitrogens with two attached hydrogens (primary N) is 1. The third-order valence-electron chi connectivity index (χ3n) is 3.55. The fourth-order valence-corrected chi connectivity index (χ4v) is 2.96. The molecule has 0 aliphatic rings. The van der Waals surface area contributed by atoms with Crippen molar-refractivity contribution in [3.63, 3.8) is 0 Å². The third-order valence-corrected chi connectivity index (χ3v) is 4.38. The highest BCUT2D eigenvalue weighted by molar-refractivity contribution is 7.85. The first-order valence-corrected chi connectivity index (χ1v) is 7.86. The summed E-state index contributed by atoms with van der Waals surface area (Å²) in [5, 5.41) is 9.33. The largest absolute Gasteiger partial charge is 0.478 e. The highest BCUT2D eigenvalue weighted by atomic mass is 32.2. The van der Waals surface area contributed by atoms with Crippen LogP contribution in [0.1, 0.15) is 10.4 Å². The van der Waals surface area contributed by atoms with E-state index in [1.165, 1.54) is 6.07 Å². The Morgan fingerprint density at radius 3 is 2.52 bits per heavy atom. The fraction of sp³-hybridized carbons (Fsp3) is 0.0714. The molecule has 9 heteroatoms. The average molecular weight is 334 g/mol. The molecule has 0 saturated heterocycles.